The summed E-state index contributed by atoms with van der Waals surface area (Å²) >= 11 is 0. The van der Waals surface area contributed by atoms with Crippen LogP contribution < -0.4 is 0 Å². The molecule has 0 aliphatic carbocycles. The minimum Gasteiger partial charge on any atom is -0.475 e. The Bertz CT molecular complexity index is 199. The lowest BCUT2D eigenvalue weighted by Crippen LogP contribution is -2.40. The number of carbonyl (C=O) groups is 1. The van der Waals surface area contributed by atoms with Crippen LogP contribution in [0.3, 0.4) is 0 Å². The Morgan fingerprint density at radius 2 is 1.69 bits per heavy atom. The Hall–Kier alpha value is -0.920. The van der Waals surface area contributed by atoms with Crippen LogP contribution in [0.2, 0.25) is 0 Å². The molecule has 0 aliphatic rings. The van der Waals surface area contributed by atoms with Crippen molar-refractivity contribution < 1.29 is 36.6 Å². The first kappa shape index (κ1) is 12.1. The minimum absolute atomic E-state index is 0.289. The highest BCUT2D eigenvalue weighted by atomic mass is 19.4. The van der Waals surface area contributed by atoms with Gasteiger partial charge in [0.2, 0.25) is 0 Å². The van der Waals surface area contributed by atoms with Gasteiger partial charge in [-0.3, -0.25) is 4.74 Å². The number of alkyl halides is 5. The van der Waals surface area contributed by atoms with Crippen molar-refractivity contribution in [2.45, 2.75) is 25.3 Å². The Kier molecular flexibility index (Phi) is 3.20. The van der Waals surface area contributed by atoms with Crippen LogP contribution in [-0.2, 0) is 9.53 Å². The van der Waals surface area contributed by atoms with E-state index in [4.69, 9.17) is 5.11 Å². The summed E-state index contributed by atoms with van der Waals surface area (Å²) in [5.74, 6) is -2.76. The fourth-order valence-electron chi connectivity index (χ4n) is 0.339. The van der Waals surface area contributed by atoms with Crippen LogP contribution in [0.15, 0.2) is 0 Å². The highest BCUT2D eigenvalue weighted by Crippen LogP contribution is 2.28. The fraction of sp³-hybridized carbons (Fsp3) is 0.800. The summed E-state index contributed by atoms with van der Waals surface area (Å²) in [6.07, 6.45) is -12.7. The third-order valence-electron chi connectivity index (χ3n) is 1.03. The van der Waals surface area contributed by atoms with E-state index in [9.17, 15) is 26.7 Å². The Morgan fingerprint density at radius 3 is 1.92 bits per heavy atom. The van der Waals surface area contributed by atoms with Gasteiger partial charge in [-0.2, -0.15) is 22.0 Å². The average molecular weight is 208 g/mol. The number of hydrogen-bond donors (Lipinski definition) is 1. The van der Waals surface area contributed by atoms with Gasteiger partial charge < -0.3 is 5.11 Å². The van der Waals surface area contributed by atoms with Gasteiger partial charge in [0.15, 0.2) is 6.10 Å². The molecular formula is C5H5F5O3. The summed E-state index contributed by atoms with van der Waals surface area (Å²) in [5.41, 5.74) is 0. The maximum absolute atomic E-state index is 12.0. The van der Waals surface area contributed by atoms with Crippen LogP contribution in [-0.4, -0.2) is 29.5 Å². The summed E-state index contributed by atoms with van der Waals surface area (Å²) in [6, 6.07) is 0. The molecule has 8 heteroatoms. The lowest BCUT2D eigenvalue weighted by molar-refractivity contribution is -0.312. The molecule has 1 N–H and O–H groups in total. The predicted molar refractivity (Wildman–Crippen MR) is 29.2 cm³/mol. The number of halogens is 5. The molecule has 0 aromatic heterocycles. The van der Waals surface area contributed by atoms with Crippen molar-refractivity contribution in [3.8, 4) is 0 Å². The molecule has 0 heterocycles. The normalized spacial score (nSPS) is 15.5. The summed E-state index contributed by atoms with van der Waals surface area (Å²) < 4.78 is 61.8. The standard InChI is InChI=1S/C5H5F5O3/c1-2(4(6,7)8)13-5(9,10)3(11)12/h2H,1H3,(H,11,12). The Labute approximate surface area is 69.1 Å². The van der Waals surface area contributed by atoms with Gasteiger partial charge in [-0.05, 0) is 6.92 Å². The van der Waals surface area contributed by atoms with Crippen LogP contribution in [0.25, 0.3) is 0 Å². The second-order valence-corrected chi connectivity index (χ2v) is 2.12. The molecule has 3 nitrogen and oxygen atoms in total. The zero-order valence-electron chi connectivity index (χ0n) is 6.23. The Morgan fingerprint density at radius 1 is 1.31 bits per heavy atom. The number of ether oxygens (including phenoxy) is 1. The topological polar surface area (TPSA) is 46.5 Å². The van der Waals surface area contributed by atoms with E-state index in [2.05, 4.69) is 4.74 Å². The molecule has 13 heavy (non-hydrogen) atoms. The van der Waals surface area contributed by atoms with Crippen LogP contribution in [0, 0.1) is 0 Å². The first-order valence-electron chi connectivity index (χ1n) is 2.93. The molecule has 1 unspecified atom stereocenters. The smallest absolute Gasteiger partial charge is 0.456 e. The third kappa shape index (κ3) is 3.53. The quantitative estimate of drug-likeness (QED) is 0.717. The largest absolute Gasteiger partial charge is 0.475 e. The second kappa shape index (κ2) is 3.44. The van der Waals surface area contributed by atoms with Crippen molar-refractivity contribution in [1.82, 2.24) is 0 Å². The fourth-order valence-corrected chi connectivity index (χ4v) is 0.339. The molecule has 0 rings (SSSR count). The van der Waals surface area contributed by atoms with Gasteiger partial charge in [0.25, 0.3) is 0 Å². The maximum Gasteiger partial charge on any atom is 0.456 e. The molecule has 0 spiro atoms. The number of aliphatic carboxylic acids is 1. The van der Waals surface area contributed by atoms with Gasteiger partial charge in [0, 0.05) is 0 Å². The summed E-state index contributed by atoms with van der Waals surface area (Å²) in [5, 5.41) is 7.71. The van der Waals surface area contributed by atoms with E-state index in [1.807, 2.05) is 0 Å². The maximum atomic E-state index is 12.0. The van der Waals surface area contributed by atoms with Gasteiger partial charge in [0.05, 0.1) is 0 Å². The van der Waals surface area contributed by atoms with E-state index in [0.717, 1.165) is 0 Å². The number of carboxylic acid groups (broad SMARTS) is 1. The highest BCUT2D eigenvalue weighted by molar-refractivity contribution is 5.73. The molecule has 0 aliphatic heterocycles. The Balaban J connectivity index is 4.37. The zero-order valence-corrected chi connectivity index (χ0v) is 6.23. The predicted octanol–water partition coefficient (Wildman–Crippen LogP) is 1.63. The molecule has 78 valence electrons. The van der Waals surface area contributed by atoms with Crippen LogP contribution in [0.5, 0.6) is 0 Å². The van der Waals surface area contributed by atoms with Gasteiger partial charge in [-0.25, -0.2) is 4.79 Å². The third-order valence-corrected chi connectivity index (χ3v) is 1.03. The molecule has 0 saturated heterocycles. The van der Waals surface area contributed by atoms with E-state index in [0.29, 0.717) is 0 Å². The lowest BCUT2D eigenvalue weighted by atomic mass is 10.4. The highest BCUT2D eigenvalue weighted by Gasteiger charge is 2.49. The number of rotatable bonds is 3. The molecule has 0 aromatic rings. The molecule has 0 saturated carbocycles. The summed E-state index contributed by atoms with van der Waals surface area (Å²) in [6.45, 7) is 0.289. The molecule has 0 amide bonds. The zero-order chi connectivity index (χ0) is 10.9. The van der Waals surface area contributed by atoms with Crippen molar-refractivity contribution in [3.63, 3.8) is 0 Å². The van der Waals surface area contributed by atoms with Crippen molar-refractivity contribution in [3.05, 3.63) is 0 Å². The van der Waals surface area contributed by atoms with Crippen molar-refractivity contribution in [2.24, 2.45) is 0 Å². The van der Waals surface area contributed by atoms with E-state index in [1.165, 1.54) is 0 Å². The van der Waals surface area contributed by atoms with Crippen molar-refractivity contribution in [2.75, 3.05) is 0 Å². The van der Waals surface area contributed by atoms with E-state index in [-0.39, 0.29) is 6.92 Å². The molecule has 0 bridgehead atoms. The van der Waals surface area contributed by atoms with Crippen LogP contribution >= 0.6 is 0 Å². The summed E-state index contributed by atoms with van der Waals surface area (Å²) in [7, 11) is 0. The first-order valence-corrected chi connectivity index (χ1v) is 2.93. The number of carboxylic acids is 1. The van der Waals surface area contributed by atoms with Gasteiger partial charge >= 0.3 is 18.3 Å². The molecule has 0 radical (unpaired) electrons. The monoisotopic (exact) mass is 208 g/mol. The second-order valence-electron chi connectivity index (χ2n) is 2.12. The molecule has 1 atom stereocenters. The average Bonchev–Trinajstić information content (AvgIpc) is 1.83. The van der Waals surface area contributed by atoms with Crippen LogP contribution in [0.1, 0.15) is 6.92 Å². The van der Waals surface area contributed by atoms with E-state index < -0.39 is 24.4 Å². The SMILES string of the molecule is CC(OC(F)(F)C(=O)O)C(F)(F)F. The van der Waals surface area contributed by atoms with Gasteiger partial charge in [0.1, 0.15) is 0 Å². The van der Waals surface area contributed by atoms with Gasteiger partial charge in [-0.15, -0.1) is 0 Å². The van der Waals surface area contributed by atoms with Crippen LogP contribution in [0.4, 0.5) is 22.0 Å². The number of hydrogen-bond acceptors (Lipinski definition) is 2. The lowest BCUT2D eigenvalue weighted by Gasteiger charge is -2.20. The first-order chi connectivity index (χ1) is 5.57. The van der Waals surface area contributed by atoms with Gasteiger partial charge in [-0.1, -0.05) is 0 Å². The van der Waals surface area contributed by atoms with E-state index in [1.54, 1.807) is 0 Å². The van der Waals surface area contributed by atoms with E-state index >= 15 is 0 Å². The molecule has 0 aromatic carbocycles. The minimum atomic E-state index is -5.01. The summed E-state index contributed by atoms with van der Waals surface area (Å²) in [4.78, 5) is 9.64. The molecular weight excluding hydrogens is 203 g/mol. The van der Waals surface area contributed by atoms with Crippen molar-refractivity contribution in [1.29, 1.82) is 0 Å². The van der Waals surface area contributed by atoms with Crippen molar-refractivity contribution >= 4 is 5.97 Å². The molecule has 0 fully saturated rings.